The average Bonchev–Trinajstić information content (AvgIpc) is 3.01. The number of aromatic nitrogens is 1. The Kier molecular flexibility index (Phi) is 5.82. The van der Waals surface area contributed by atoms with Crippen LogP contribution in [0.1, 0.15) is 43.4 Å². The number of hydrogen-bond donors (Lipinski definition) is 1. The van der Waals surface area contributed by atoms with Gasteiger partial charge in [-0.25, -0.2) is 0 Å². The van der Waals surface area contributed by atoms with Gasteiger partial charge in [0.05, 0.1) is 5.69 Å². The lowest BCUT2D eigenvalue weighted by Crippen LogP contribution is -2.43. The fourth-order valence-corrected chi connectivity index (χ4v) is 4.29. The van der Waals surface area contributed by atoms with Gasteiger partial charge in [0.2, 0.25) is 0 Å². The normalized spacial score (nSPS) is 23.8. The summed E-state index contributed by atoms with van der Waals surface area (Å²) in [5.41, 5.74) is 2.30. The molecule has 4 rings (SSSR count). The fraction of sp³-hybridized carbons (Fsp3) is 0.500. The van der Waals surface area contributed by atoms with Crippen LogP contribution in [0.3, 0.4) is 0 Å². The highest BCUT2D eigenvalue weighted by Crippen LogP contribution is 2.27. The molecule has 0 aliphatic carbocycles. The molecular weight excluding hydrogens is 322 g/mol. The summed E-state index contributed by atoms with van der Waals surface area (Å²) in [6.07, 6.45) is 8.47. The SMILES string of the molecule is c1ccc(COc2cccc(CN3CC[C@@H]4NCCCCC[C@H]43)c2)nc1. The van der Waals surface area contributed by atoms with E-state index in [0.29, 0.717) is 18.7 Å². The minimum Gasteiger partial charge on any atom is -0.487 e. The van der Waals surface area contributed by atoms with Crippen LogP contribution in [-0.2, 0) is 13.2 Å². The van der Waals surface area contributed by atoms with E-state index in [9.17, 15) is 0 Å². The van der Waals surface area contributed by atoms with Crippen molar-refractivity contribution >= 4 is 0 Å². The van der Waals surface area contributed by atoms with E-state index < -0.39 is 0 Å². The van der Waals surface area contributed by atoms with Gasteiger partial charge in [0, 0.05) is 31.4 Å². The van der Waals surface area contributed by atoms with Crippen LogP contribution < -0.4 is 10.1 Å². The van der Waals surface area contributed by atoms with Gasteiger partial charge in [0.15, 0.2) is 0 Å². The molecule has 1 N–H and O–H groups in total. The van der Waals surface area contributed by atoms with Gasteiger partial charge in [-0.1, -0.05) is 31.0 Å². The molecule has 0 unspecified atom stereocenters. The number of hydrogen-bond acceptors (Lipinski definition) is 4. The molecule has 0 bridgehead atoms. The molecule has 1 aromatic carbocycles. The molecule has 138 valence electrons. The predicted molar refractivity (Wildman–Crippen MR) is 104 cm³/mol. The van der Waals surface area contributed by atoms with Gasteiger partial charge >= 0.3 is 0 Å². The van der Waals surface area contributed by atoms with Gasteiger partial charge in [-0.05, 0) is 55.6 Å². The maximum atomic E-state index is 5.95. The minimum absolute atomic E-state index is 0.516. The van der Waals surface area contributed by atoms with Crippen molar-refractivity contribution in [2.45, 2.75) is 57.3 Å². The minimum atomic E-state index is 0.516. The third kappa shape index (κ3) is 4.43. The Labute approximate surface area is 156 Å². The second kappa shape index (κ2) is 8.65. The van der Waals surface area contributed by atoms with Crippen LogP contribution >= 0.6 is 0 Å². The third-order valence-corrected chi connectivity index (χ3v) is 5.64. The first-order valence-electron chi connectivity index (χ1n) is 9.97. The molecular formula is C22H29N3O. The first kappa shape index (κ1) is 17.5. The Balaban J connectivity index is 1.37. The van der Waals surface area contributed by atoms with E-state index in [-0.39, 0.29) is 0 Å². The summed E-state index contributed by atoms with van der Waals surface area (Å²) >= 11 is 0. The van der Waals surface area contributed by atoms with Crippen LogP contribution in [0, 0.1) is 0 Å². The summed E-state index contributed by atoms with van der Waals surface area (Å²) in [7, 11) is 0. The van der Waals surface area contributed by atoms with E-state index in [4.69, 9.17) is 4.74 Å². The number of fused-ring (bicyclic) bond motifs is 1. The second-order valence-electron chi connectivity index (χ2n) is 7.49. The summed E-state index contributed by atoms with van der Waals surface area (Å²) in [5.74, 6) is 0.930. The van der Waals surface area contributed by atoms with E-state index in [1.165, 1.54) is 50.8 Å². The molecule has 4 heteroatoms. The van der Waals surface area contributed by atoms with Crippen LogP contribution in [0.2, 0.25) is 0 Å². The average molecular weight is 351 g/mol. The second-order valence-corrected chi connectivity index (χ2v) is 7.49. The zero-order valence-electron chi connectivity index (χ0n) is 15.4. The monoisotopic (exact) mass is 351 g/mol. The molecule has 0 saturated carbocycles. The molecule has 2 atom stereocenters. The Bertz CT molecular complexity index is 691. The molecule has 2 saturated heterocycles. The quantitative estimate of drug-likeness (QED) is 0.890. The highest BCUT2D eigenvalue weighted by molar-refractivity contribution is 5.29. The van der Waals surface area contributed by atoms with Crippen molar-refractivity contribution in [1.82, 2.24) is 15.2 Å². The smallest absolute Gasteiger partial charge is 0.130 e. The van der Waals surface area contributed by atoms with Gasteiger partial charge in [0.1, 0.15) is 12.4 Å². The highest BCUT2D eigenvalue weighted by Gasteiger charge is 2.33. The molecule has 26 heavy (non-hydrogen) atoms. The van der Waals surface area contributed by atoms with Gasteiger partial charge in [-0.3, -0.25) is 9.88 Å². The van der Waals surface area contributed by atoms with Crippen LogP contribution in [0.4, 0.5) is 0 Å². The third-order valence-electron chi connectivity index (χ3n) is 5.64. The maximum absolute atomic E-state index is 5.95. The molecule has 0 spiro atoms. The largest absolute Gasteiger partial charge is 0.487 e. The Morgan fingerprint density at radius 2 is 2.08 bits per heavy atom. The Morgan fingerprint density at radius 1 is 1.08 bits per heavy atom. The van der Waals surface area contributed by atoms with Crippen molar-refractivity contribution in [2.75, 3.05) is 13.1 Å². The van der Waals surface area contributed by atoms with Crippen molar-refractivity contribution in [1.29, 1.82) is 0 Å². The number of benzene rings is 1. The number of rotatable bonds is 5. The summed E-state index contributed by atoms with van der Waals surface area (Å²) < 4.78 is 5.95. The summed E-state index contributed by atoms with van der Waals surface area (Å²) in [6.45, 7) is 3.92. The van der Waals surface area contributed by atoms with E-state index in [2.05, 4.69) is 33.4 Å². The first-order chi connectivity index (χ1) is 12.9. The molecule has 0 amide bonds. The van der Waals surface area contributed by atoms with Crippen molar-refractivity contribution in [3.8, 4) is 5.75 Å². The van der Waals surface area contributed by atoms with Crippen LogP contribution in [0.15, 0.2) is 48.7 Å². The first-order valence-corrected chi connectivity index (χ1v) is 9.97. The number of pyridine rings is 1. The van der Waals surface area contributed by atoms with Crippen molar-refractivity contribution in [3.05, 3.63) is 59.9 Å². The summed E-state index contributed by atoms with van der Waals surface area (Å²) in [5, 5.41) is 3.78. The van der Waals surface area contributed by atoms with Crippen molar-refractivity contribution < 1.29 is 4.74 Å². The number of nitrogens with zero attached hydrogens (tertiary/aromatic N) is 2. The lowest BCUT2D eigenvalue weighted by molar-refractivity contribution is 0.204. The number of nitrogens with one attached hydrogen (secondary N) is 1. The van der Waals surface area contributed by atoms with E-state index >= 15 is 0 Å². The molecule has 2 aliphatic heterocycles. The molecule has 2 fully saturated rings. The van der Waals surface area contributed by atoms with Gasteiger partial charge in [0.25, 0.3) is 0 Å². The predicted octanol–water partition coefficient (Wildman–Crippen LogP) is 3.77. The topological polar surface area (TPSA) is 37.4 Å². The highest BCUT2D eigenvalue weighted by atomic mass is 16.5. The molecule has 0 radical (unpaired) electrons. The zero-order valence-corrected chi connectivity index (χ0v) is 15.4. The van der Waals surface area contributed by atoms with Gasteiger partial charge in [-0.15, -0.1) is 0 Å². The Hall–Kier alpha value is -1.91. The number of ether oxygens (including phenoxy) is 1. The zero-order chi connectivity index (χ0) is 17.6. The lowest BCUT2D eigenvalue weighted by Gasteiger charge is -2.30. The van der Waals surface area contributed by atoms with Crippen molar-refractivity contribution in [3.63, 3.8) is 0 Å². The van der Waals surface area contributed by atoms with E-state index in [0.717, 1.165) is 18.0 Å². The van der Waals surface area contributed by atoms with Crippen LogP contribution in [0.25, 0.3) is 0 Å². The molecule has 2 aromatic rings. The lowest BCUT2D eigenvalue weighted by atomic mass is 9.99. The van der Waals surface area contributed by atoms with E-state index in [1.807, 2.05) is 30.5 Å². The number of likely N-dealkylation sites (tertiary alicyclic amines) is 1. The van der Waals surface area contributed by atoms with Crippen LogP contribution in [0.5, 0.6) is 5.75 Å². The Morgan fingerprint density at radius 3 is 3.00 bits per heavy atom. The van der Waals surface area contributed by atoms with Crippen molar-refractivity contribution in [2.24, 2.45) is 0 Å². The molecule has 2 aliphatic rings. The summed E-state index contributed by atoms with van der Waals surface area (Å²) in [6, 6.07) is 15.8. The standard InChI is InChI=1S/C22H29N3O/c1-2-10-22-21(24-13-4-1)11-14-25(22)16-18-7-6-9-20(15-18)26-17-19-8-3-5-12-23-19/h3,5-9,12,15,21-22,24H,1-2,4,10-11,13-14,16-17H2/t21-,22+/m0/s1. The molecule has 1 aromatic heterocycles. The maximum Gasteiger partial charge on any atom is 0.130 e. The van der Waals surface area contributed by atoms with Crippen LogP contribution in [-0.4, -0.2) is 35.1 Å². The molecule has 3 heterocycles. The molecule has 4 nitrogen and oxygen atoms in total. The summed E-state index contributed by atoms with van der Waals surface area (Å²) in [4.78, 5) is 6.99. The fourth-order valence-electron chi connectivity index (χ4n) is 4.29. The van der Waals surface area contributed by atoms with Gasteiger partial charge in [-0.2, -0.15) is 0 Å². The van der Waals surface area contributed by atoms with Gasteiger partial charge < -0.3 is 10.1 Å². The van der Waals surface area contributed by atoms with E-state index in [1.54, 1.807) is 0 Å².